The fourth-order valence-corrected chi connectivity index (χ4v) is 1.87. The second-order valence-electron chi connectivity index (χ2n) is 4.86. The van der Waals surface area contributed by atoms with Crippen LogP contribution in [0.4, 0.5) is 4.79 Å². The molecule has 0 radical (unpaired) electrons. The first-order chi connectivity index (χ1) is 7.85. The predicted octanol–water partition coefficient (Wildman–Crippen LogP) is 1.59. The van der Waals surface area contributed by atoms with Crippen molar-refractivity contribution in [1.82, 2.24) is 4.90 Å². The van der Waals surface area contributed by atoms with Gasteiger partial charge in [-0.05, 0) is 20.8 Å². The number of amides is 1. The summed E-state index contributed by atoms with van der Waals surface area (Å²) >= 11 is 3.10. The average Bonchev–Trinajstić information content (AvgIpc) is 2.25. The largest absolute Gasteiger partial charge is 0.444 e. The average molecular weight is 308 g/mol. The standard InChI is InChI=1S/C11H18BrNO4/c1-11(2,3)17-10(15)13-4-5-16-7-8(13)9(14)6-12/h8H,4-7H2,1-3H3. The summed E-state index contributed by atoms with van der Waals surface area (Å²) in [6, 6.07) is -0.544. The fraction of sp³-hybridized carbons (Fsp3) is 0.818. The van der Waals surface area contributed by atoms with Crippen molar-refractivity contribution in [3.8, 4) is 0 Å². The highest BCUT2D eigenvalue weighted by atomic mass is 79.9. The first-order valence-electron chi connectivity index (χ1n) is 5.51. The topological polar surface area (TPSA) is 55.8 Å². The lowest BCUT2D eigenvalue weighted by Crippen LogP contribution is -2.54. The number of alkyl halides is 1. The lowest BCUT2D eigenvalue weighted by molar-refractivity contribution is -0.127. The van der Waals surface area contributed by atoms with E-state index in [0.29, 0.717) is 13.2 Å². The minimum absolute atomic E-state index is 0.0736. The normalized spacial score (nSPS) is 21.2. The molecule has 0 aliphatic carbocycles. The molecule has 1 heterocycles. The van der Waals surface area contributed by atoms with Crippen LogP contribution in [0, 0.1) is 0 Å². The molecule has 0 N–H and O–H groups in total. The number of carbonyl (C=O) groups is 2. The summed E-state index contributed by atoms with van der Waals surface area (Å²) in [5.41, 5.74) is -0.558. The van der Waals surface area contributed by atoms with Crippen molar-refractivity contribution in [2.45, 2.75) is 32.4 Å². The molecule has 0 aromatic rings. The van der Waals surface area contributed by atoms with Gasteiger partial charge in [0.25, 0.3) is 0 Å². The number of Topliss-reactive ketones (excluding diaryl/α,β-unsaturated/α-hetero) is 1. The van der Waals surface area contributed by atoms with Crippen molar-refractivity contribution >= 4 is 27.8 Å². The molecule has 1 aliphatic rings. The Balaban J connectivity index is 2.71. The zero-order valence-corrected chi connectivity index (χ0v) is 11.9. The van der Waals surface area contributed by atoms with Gasteiger partial charge >= 0.3 is 6.09 Å². The van der Waals surface area contributed by atoms with Crippen LogP contribution in [0.25, 0.3) is 0 Å². The molecule has 0 aromatic carbocycles. The Kier molecular flexibility index (Phi) is 4.94. The van der Waals surface area contributed by atoms with Crippen LogP contribution in [0.1, 0.15) is 20.8 Å². The number of morpholine rings is 1. The van der Waals surface area contributed by atoms with Gasteiger partial charge in [-0.1, -0.05) is 15.9 Å². The molecular weight excluding hydrogens is 290 g/mol. The molecule has 5 nitrogen and oxygen atoms in total. The van der Waals surface area contributed by atoms with E-state index in [2.05, 4.69) is 15.9 Å². The Bertz CT molecular complexity index is 300. The van der Waals surface area contributed by atoms with Crippen molar-refractivity contribution in [2.24, 2.45) is 0 Å². The molecule has 0 bridgehead atoms. The van der Waals surface area contributed by atoms with Gasteiger partial charge in [-0.25, -0.2) is 4.79 Å². The van der Waals surface area contributed by atoms with Crippen LogP contribution in [0.2, 0.25) is 0 Å². The summed E-state index contributed by atoms with van der Waals surface area (Å²) in [6.45, 7) is 6.46. The molecule has 0 saturated carbocycles. The van der Waals surface area contributed by atoms with E-state index in [1.165, 1.54) is 4.90 Å². The van der Waals surface area contributed by atoms with Crippen molar-refractivity contribution in [3.05, 3.63) is 0 Å². The van der Waals surface area contributed by atoms with Gasteiger partial charge in [0.1, 0.15) is 11.6 Å². The highest BCUT2D eigenvalue weighted by Crippen LogP contribution is 2.15. The minimum Gasteiger partial charge on any atom is -0.444 e. The lowest BCUT2D eigenvalue weighted by Gasteiger charge is -2.35. The predicted molar refractivity (Wildman–Crippen MR) is 66.3 cm³/mol. The molecule has 0 aromatic heterocycles. The molecule has 1 fully saturated rings. The van der Waals surface area contributed by atoms with Crippen LogP contribution in [0.15, 0.2) is 0 Å². The second kappa shape index (κ2) is 5.82. The fourth-order valence-electron chi connectivity index (χ4n) is 1.50. The van der Waals surface area contributed by atoms with Gasteiger partial charge in [-0.2, -0.15) is 0 Å². The number of hydrogen-bond acceptors (Lipinski definition) is 4. The molecular formula is C11H18BrNO4. The van der Waals surface area contributed by atoms with Gasteiger partial charge in [0, 0.05) is 6.54 Å². The third kappa shape index (κ3) is 4.27. The molecule has 17 heavy (non-hydrogen) atoms. The van der Waals surface area contributed by atoms with Gasteiger partial charge in [0.15, 0.2) is 5.78 Å². The third-order valence-corrected chi connectivity index (χ3v) is 2.81. The SMILES string of the molecule is CC(C)(C)OC(=O)N1CCOCC1C(=O)CBr. The Hall–Kier alpha value is -0.620. The quantitative estimate of drug-likeness (QED) is 0.727. The first-order valence-corrected chi connectivity index (χ1v) is 6.63. The Morgan fingerprint density at radius 2 is 2.12 bits per heavy atom. The van der Waals surface area contributed by atoms with Crippen LogP contribution in [0.5, 0.6) is 0 Å². The van der Waals surface area contributed by atoms with E-state index in [0.717, 1.165) is 0 Å². The Morgan fingerprint density at radius 3 is 2.65 bits per heavy atom. The van der Waals surface area contributed by atoms with E-state index >= 15 is 0 Å². The summed E-state index contributed by atoms with van der Waals surface area (Å²) in [4.78, 5) is 25.0. The van der Waals surface area contributed by atoms with E-state index in [4.69, 9.17) is 9.47 Å². The van der Waals surface area contributed by atoms with Gasteiger partial charge in [0.05, 0.1) is 18.5 Å². The minimum atomic E-state index is -0.558. The van der Waals surface area contributed by atoms with Gasteiger partial charge < -0.3 is 9.47 Å². The molecule has 0 spiro atoms. The molecule has 6 heteroatoms. The van der Waals surface area contributed by atoms with Gasteiger partial charge in [-0.15, -0.1) is 0 Å². The zero-order valence-electron chi connectivity index (χ0n) is 10.4. The second-order valence-corrected chi connectivity index (χ2v) is 5.43. The number of carbonyl (C=O) groups excluding carboxylic acids is 2. The number of hydrogen-bond donors (Lipinski definition) is 0. The maximum atomic E-state index is 11.9. The third-order valence-electron chi connectivity index (χ3n) is 2.26. The van der Waals surface area contributed by atoms with E-state index in [1.807, 2.05) is 0 Å². The Morgan fingerprint density at radius 1 is 1.47 bits per heavy atom. The van der Waals surface area contributed by atoms with E-state index in [1.54, 1.807) is 20.8 Å². The Labute approximate surface area is 110 Å². The monoisotopic (exact) mass is 307 g/mol. The number of halogens is 1. The lowest BCUT2D eigenvalue weighted by atomic mass is 10.1. The van der Waals surface area contributed by atoms with Crippen LogP contribution in [-0.4, -0.2) is 53.5 Å². The van der Waals surface area contributed by atoms with Crippen LogP contribution in [-0.2, 0) is 14.3 Å². The van der Waals surface area contributed by atoms with E-state index in [-0.39, 0.29) is 17.7 Å². The summed E-state index contributed by atoms with van der Waals surface area (Å²) in [5, 5.41) is 0.209. The zero-order chi connectivity index (χ0) is 13.1. The number of nitrogens with zero attached hydrogens (tertiary/aromatic N) is 1. The molecule has 1 saturated heterocycles. The maximum absolute atomic E-state index is 11.9. The van der Waals surface area contributed by atoms with Crippen molar-refractivity contribution in [1.29, 1.82) is 0 Å². The number of ketones is 1. The summed E-state index contributed by atoms with van der Waals surface area (Å²) in [7, 11) is 0. The smallest absolute Gasteiger partial charge is 0.411 e. The van der Waals surface area contributed by atoms with Crippen LogP contribution in [0.3, 0.4) is 0 Å². The summed E-state index contributed by atoms with van der Waals surface area (Å²) < 4.78 is 10.5. The van der Waals surface area contributed by atoms with E-state index < -0.39 is 17.7 Å². The molecule has 1 aliphatic heterocycles. The van der Waals surface area contributed by atoms with Crippen LogP contribution < -0.4 is 0 Å². The molecule has 1 unspecified atom stereocenters. The number of rotatable bonds is 2. The summed E-state index contributed by atoms with van der Waals surface area (Å²) in [5.74, 6) is -0.0736. The van der Waals surface area contributed by atoms with Crippen LogP contribution >= 0.6 is 15.9 Å². The van der Waals surface area contributed by atoms with Crippen molar-refractivity contribution in [2.75, 3.05) is 25.1 Å². The summed E-state index contributed by atoms with van der Waals surface area (Å²) in [6.07, 6.45) is -0.458. The number of ether oxygens (including phenoxy) is 2. The van der Waals surface area contributed by atoms with E-state index in [9.17, 15) is 9.59 Å². The molecule has 1 rings (SSSR count). The molecule has 1 atom stereocenters. The highest BCUT2D eigenvalue weighted by molar-refractivity contribution is 9.09. The van der Waals surface area contributed by atoms with Crippen molar-refractivity contribution < 1.29 is 19.1 Å². The maximum Gasteiger partial charge on any atom is 0.411 e. The van der Waals surface area contributed by atoms with Gasteiger partial charge in [0.2, 0.25) is 0 Å². The first kappa shape index (κ1) is 14.4. The van der Waals surface area contributed by atoms with Gasteiger partial charge in [-0.3, -0.25) is 9.69 Å². The molecule has 98 valence electrons. The van der Waals surface area contributed by atoms with Crippen molar-refractivity contribution in [3.63, 3.8) is 0 Å². The molecule has 1 amide bonds. The highest BCUT2D eigenvalue weighted by Gasteiger charge is 2.34.